The Morgan fingerprint density at radius 2 is 2.06 bits per heavy atom. The molecule has 268 valence electrons. The van der Waals surface area contributed by atoms with Gasteiger partial charge in [0, 0.05) is 55.5 Å². The molecule has 0 saturated carbocycles. The van der Waals surface area contributed by atoms with Crippen molar-refractivity contribution < 1.29 is 36.2 Å². The lowest BCUT2D eigenvalue weighted by Crippen LogP contribution is -2.42. The highest BCUT2D eigenvalue weighted by Crippen LogP contribution is 2.51. The molecule has 6 heterocycles. The van der Waals surface area contributed by atoms with Crippen LogP contribution < -0.4 is 20.1 Å². The van der Waals surface area contributed by atoms with Gasteiger partial charge in [-0.2, -0.15) is 24.0 Å². The van der Waals surface area contributed by atoms with E-state index < -0.39 is 42.1 Å². The first kappa shape index (κ1) is 33.9. The van der Waals surface area contributed by atoms with Crippen LogP contribution in [-0.4, -0.2) is 96.3 Å². The van der Waals surface area contributed by atoms with Crippen LogP contribution in [0.15, 0.2) is 12.1 Å². The van der Waals surface area contributed by atoms with Gasteiger partial charge in [0.05, 0.1) is 39.9 Å². The number of nitrogens with two attached hydrogens (primary N) is 1. The zero-order valence-electron chi connectivity index (χ0n) is 27.2. The number of amides is 1. The predicted molar refractivity (Wildman–Crippen MR) is 181 cm³/mol. The lowest BCUT2D eigenvalue weighted by molar-refractivity contribution is -0.141. The first-order valence-corrected chi connectivity index (χ1v) is 17.7. The third kappa shape index (κ3) is 5.30. The highest BCUT2D eigenvalue weighted by molar-refractivity contribution is 7.23. The van der Waals surface area contributed by atoms with Crippen LogP contribution in [0, 0.1) is 28.9 Å². The zero-order valence-corrected chi connectivity index (χ0v) is 28.8. The van der Waals surface area contributed by atoms with Gasteiger partial charge < -0.3 is 25.0 Å². The van der Waals surface area contributed by atoms with Gasteiger partial charge in [-0.15, -0.1) is 11.3 Å². The molecule has 3 fully saturated rings. The largest absolute Gasteiger partial charge is 0.491 e. The van der Waals surface area contributed by atoms with E-state index >= 15 is 8.78 Å². The number of nitriles is 1. The van der Waals surface area contributed by atoms with Crippen molar-refractivity contribution in [2.75, 3.05) is 57.1 Å². The molecule has 1 amide bonds. The summed E-state index contributed by atoms with van der Waals surface area (Å²) in [4.78, 5) is 26.4. The molecule has 51 heavy (non-hydrogen) atoms. The summed E-state index contributed by atoms with van der Waals surface area (Å²) in [6.45, 7) is 1.08. The van der Waals surface area contributed by atoms with E-state index in [1.165, 1.54) is 6.07 Å². The number of fused-ring (bicyclic) bond motifs is 3. The highest BCUT2D eigenvalue weighted by Gasteiger charge is 2.48. The Labute approximate surface area is 297 Å². The van der Waals surface area contributed by atoms with Gasteiger partial charge in [-0.25, -0.2) is 13.2 Å². The fraction of sp³-hybridized carbons (Fsp3) is 0.471. The van der Waals surface area contributed by atoms with Gasteiger partial charge in [-0.1, -0.05) is 17.7 Å². The van der Waals surface area contributed by atoms with Crippen LogP contribution in [0.25, 0.3) is 32.1 Å². The third-order valence-corrected chi connectivity index (χ3v) is 12.3. The van der Waals surface area contributed by atoms with E-state index in [0.29, 0.717) is 19.4 Å². The Bertz CT molecular complexity index is 2150. The van der Waals surface area contributed by atoms with E-state index in [9.17, 15) is 23.2 Å². The quantitative estimate of drug-likeness (QED) is 0.231. The Balaban J connectivity index is 1.28. The lowest BCUT2D eigenvalue weighted by atomic mass is 9.90. The number of hydrogen-bond acceptors (Lipinski definition) is 10. The van der Waals surface area contributed by atoms with E-state index in [0.717, 1.165) is 41.7 Å². The molecule has 0 aliphatic carbocycles. The van der Waals surface area contributed by atoms with Crippen molar-refractivity contribution in [3.63, 3.8) is 0 Å². The fourth-order valence-corrected chi connectivity index (χ4v) is 9.78. The molecular weight excluding hydrogens is 717 g/mol. The standard InChI is InChI=1S/C34H31ClF5N7O3S/c1-45-20-13-46(32(48)29(39)40)11-15(20)14-50-27-23-26(43-33(44-31(23)45)49-8-6-34-5-2-7-47(34)12-16(36)9-34)25(38)22(24(27)35)17-3-4-19(37)28-21(17)18(10-41)30(42)51-28/h3-4,15-16,20,29H,2,5-9,11-14,42H2,1H3/t15?,16-,20?,34-/m1/s1. The molecule has 0 radical (unpaired) electrons. The summed E-state index contributed by atoms with van der Waals surface area (Å²) < 4.78 is 86.0. The molecule has 4 aromatic rings. The second-order valence-electron chi connectivity index (χ2n) is 13.6. The maximum atomic E-state index is 17.2. The number of hydrogen-bond donors (Lipinski definition) is 1. The molecule has 0 bridgehead atoms. The summed E-state index contributed by atoms with van der Waals surface area (Å²) in [7, 11) is 1.65. The molecule has 10 nitrogen and oxygen atoms in total. The van der Waals surface area contributed by atoms with Gasteiger partial charge in [-0.3, -0.25) is 9.69 Å². The number of likely N-dealkylation sites (tertiary alicyclic amines) is 1. The molecule has 2 aromatic heterocycles. The number of carbonyl (C=O) groups is 1. The number of ether oxygens (including phenoxy) is 2. The molecule has 3 saturated heterocycles. The molecule has 2 unspecified atom stereocenters. The van der Waals surface area contributed by atoms with Crippen LogP contribution >= 0.6 is 22.9 Å². The number of benzene rings is 2. The van der Waals surface area contributed by atoms with E-state index in [4.69, 9.17) is 26.8 Å². The minimum absolute atomic E-state index is 0.0202. The number of alkyl halides is 3. The van der Waals surface area contributed by atoms with Crippen LogP contribution in [0.4, 0.5) is 32.8 Å². The summed E-state index contributed by atoms with van der Waals surface area (Å²) in [5.74, 6) is -3.28. The molecule has 4 aliphatic rings. The van der Waals surface area contributed by atoms with Crippen LogP contribution in [-0.2, 0) is 4.79 Å². The Hall–Kier alpha value is -4.20. The van der Waals surface area contributed by atoms with Crippen molar-refractivity contribution in [1.29, 1.82) is 5.26 Å². The van der Waals surface area contributed by atoms with Crippen LogP contribution in [0.5, 0.6) is 11.8 Å². The van der Waals surface area contributed by atoms with Crippen LogP contribution in [0.1, 0.15) is 31.2 Å². The summed E-state index contributed by atoms with van der Waals surface area (Å²) in [5.41, 5.74) is 5.27. The molecular formula is C34H31ClF5N7O3S. The fourth-order valence-electron chi connectivity index (χ4n) is 8.50. The number of aromatic nitrogens is 2. The maximum absolute atomic E-state index is 17.2. The molecule has 8 rings (SSSR count). The predicted octanol–water partition coefficient (Wildman–Crippen LogP) is 6.16. The van der Waals surface area contributed by atoms with Crippen molar-refractivity contribution in [3.05, 3.63) is 34.4 Å². The Kier molecular flexibility index (Phi) is 8.30. The number of thiophene rings is 1. The average molecular weight is 748 g/mol. The number of rotatable bonds is 6. The second-order valence-corrected chi connectivity index (χ2v) is 15.0. The molecule has 17 heteroatoms. The number of halogens is 6. The summed E-state index contributed by atoms with van der Waals surface area (Å²) in [6.07, 6.45) is -1.49. The number of nitrogens with zero attached hydrogens (tertiary/aromatic N) is 6. The molecule has 2 aromatic carbocycles. The smallest absolute Gasteiger partial charge is 0.319 e. The van der Waals surface area contributed by atoms with Crippen molar-refractivity contribution in [1.82, 2.24) is 19.8 Å². The first-order valence-electron chi connectivity index (χ1n) is 16.5. The number of anilines is 2. The van der Waals surface area contributed by atoms with Crippen molar-refractivity contribution in [3.8, 4) is 29.0 Å². The highest BCUT2D eigenvalue weighted by atomic mass is 35.5. The van der Waals surface area contributed by atoms with Gasteiger partial charge in [0.25, 0.3) is 5.91 Å². The zero-order chi connectivity index (χ0) is 35.9. The topological polar surface area (TPSA) is 121 Å². The van der Waals surface area contributed by atoms with E-state index in [2.05, 4.69) is 14.9 Å². The third-order valence-electron chi connectivity index (χ3n) is 10.9. The first-order chi connectivity index (χ1) is 24.4. The monoisotopic (exact) mass is 747 g/mol. The molecule has 4 aliphatic heterocycles. The van der Waals surface area contributed by atoms with E-state index in [-0.39, 0.29) is 97.1 Å². The maximum Gasteiger partial charge on any atom is 0.319 e. The van der Waals surface area contributed by atoms with Gasteiger partial charge in [-0.05, 0) is 37.4 Å². The molecule has 2 N–H and O–H groups in total. The number of carbonyl (C=O) groups excluding carboxylic acids is 1. The second kappa shape index (κ2) is 12.5. The van der Waals surface area contributed by atoms with Crippen molar-refractivity contribution in [2.45, 2.75) is 49.9 Å². The summed E-state index contributed by atoms with van der Waals surface area (Å²) in [5, 5.41) is 9.91. The molecule has 4 atom stereocenters. The number of nitrogen functional groups attached to an aromatic ring is 1. The van der Waals surface area contributed by atoms with Crippen LogP contribution in [0.2, 0.25) is 5.02 Å². The van der Waals surface area contributed by atoms with Crippen molar-refractivity contribution in [2.24, 2.45) is 5.92 Å². The minimum Gasteiger partial charge on any atom is -0.491 e. The normalized spacial score (nSPS) is 24.5. The Morgan fingerprint density at radius 1 is 1.25 bits per heavy atom. The van der Waals surface area contributed by atoms with E-state index in [1.54, 1.807) is 11.9 Å². The van der Waals surface area contributed by atoms with Gasteiger partial charge >= 0.3 is 12.4 Å². The summed E-state index contributed by atoms with van der Waals surface area (Å²) in [6, 6.07) is 3.66. The van der Waals surface area contributed by atoms with E-state index in [1.807, 2.05) is 6.07 Å². The minimum atomic E-state index is -3.20. The van der Waals surface area contributed by atoms with Gasteiger partial charge in [0.2, 0.25) is 0 Å². The van der Waals surface area contributed by atoms with Crippen molar-refractivity contribution >= 4 is 60.7 Å². The number of likely N-dealkylation sites (N-methyl/N-ethyl adjacent to an activating group) is 1. The molecule has 0 spiro atoms. The van der Waals surface area contributed by atoms with Gasteiger partial charge in [0.15, 0.2) is 11.6 Å². The van der Waals surface area contributed by atoms with Gasteiger partial charge in [0.1, 0.15) is 34.4 Å². The lowest BCUT2D eigenvalue weighted by Gasteiger charge is -2.34. The van der Waals surface area contributed by atoms with Crippen LogP contribution in [0.3, 0.4) is 0 Å². The average Bonchev–Trinajstić information content (AvgIpc) is 3.85. The summed E-state index contributed by atoms with van der Waals surface area (Å²) >= 11 is 7.84. The Morgan fingerprint density at radius 3 is 2.82 bits per heavy atom. The SMILES string of the molecule is CN1c2nc(OCC[C@@]34CCCN3C[C@H](F)C4)nc3c(F)c(-c4ccc(F)c5sc(N)c(C#N)c45)c(Cl)c(c23)OCC2CN(C(=O)C(F)F)CC21.